The van der Waals surface area contributed by atoms with Crippen LogP contribution in [-0.4, -0.2) is 31.8 Å². The van der Waals surface area contributed by atoms with E-state index in [2.05, 4.69) is 5.32 Å². The van der Waals surface area contributed by atoms with Crippen LogP contribution in [0.25, 0.3) is 0 Å². The molecule has 3 aromatic rings. The SMILES string of the molecule is COc1ccc(CC(=O)NC[C@H](O)c2ccc(OCc3ccccc3)cc2)cc1OC. The number of aliphatic hydroxyl groups excluding tert-OH is 1. The average molecular weight is 421 g/mol. The first-order valence-electron chi connectivity index (χ1n) is 10.0. The molecule has 0 heterocycles. The fourth-order valence-corrected chi connectivity index (χ4v) is 3.09. The zero-order valence-electron chi connectivity index (χ0n) is 17.7. The molecule has 0 aliphatic rings. The third-order valence-corrected chi connectivity index (χ3v) is 4.82. The number of rotatable bonds is 10. The smallest absolute Gasteiger partial charge is 0.224 e. The molecule has 2 N–H and O–H groups in total. The number of amides is 1. The van der Waals surface area contributed by atoms with Gasteiger partial charge in [0, 0.05) is 6.54 Å². The van der Waals surface area contributed by atoms with Crippen LogP contribution in [0.15, 0.2) is 72.8 Å². The molecule has 0 aromatic heterocycles. The first-order valence-corrected chi connectivity index (χ1v) is 10.0. The minimum Gasteiger partial charge on any atom is -0.493 e. The lowest BCUT2D eigenvalue weighted by molar-refractivity contribution is -0.120. The van der Waals surface area contributed by atoms with Gasteiger partial charge < -0.3 is 24.6 Å². The van der Waals surface area contributed by atoms with Crippen molar-refractivity contribution in [3.8, 4) is 17.2 Å². The summed E-state index contributed by atoms with van der Waals surface area (Å²) in [5, 5.41) is 13.2. The maximum absolute atomic E-state index is 12.3. The molecule has 0 bridgehead atoms. The molecule has 0 saturated carbocycles. The summed E-state index contributed by atoms with van der Waals surface area (Å²) in [7, 11) is 3.11. The first kappa shape index (κ1) is 22.2. The largest absolute Gasteiger partial charge is 0.493 e. The van der Waals surface area contributed by atoms with Gasteiger partial charge in [0.15, 0.2) is 11.5 Å². The summed E-state index contributed by atoms with van der Waals surface area (Å²) in [5.41, 5.74) is 2.59. The van der Waals surface area contributed by atoms with Gasteiger partial charge in [-0.2, -0.15) is 0 Å². The molecule has 1 atom stereocenters. The molecule has 0 saturated heterocycles. The van der Waals surface area contributed by atoms with Gasteiger partial charge in [-0.05, 0) is 41.0 Å². The number of benzene rings is 3. The average Bonchev–Trinajstić information content (AvgIpc) is 2.82. The molecule has 6 heteroatoms. The van der Waals surface area contributed by atoms with Gasteiger partial charge in [0.05, 0.1) is 26.7 Å². The third kappa shape index (κ3) is 6.49. The Morgan fingerprint density at radius 2 is 1.61 bits per heavy atom. The number of hydrogen-bond acceptors (Lipinski definition) is 5. The molecule has 1 amide bonds. The molecule has 0 aliphatic carbocycles. The molecule has 0 aliphatic heterocycles. The molecule has 31 heavy (non-hydrogen) atoms. The minimum absolute atomic E-state index is 0.121. The molecular weight excluding hydrogens is 394 g/mol. The van der Waals surface area contributed by atoms with Crippen molar-refractivity contribution in [2.45, 2.75) is 19.1 Å². The van der Waals surface area contributed by atoms with Crippen LogP contribution in [0.1, 0.15) is 22.8 Å². The van der Waals surface area contributed by atoms with E-state index in [-0.39, 0.29) is 18.9 Å². The van der Waals surface area contributed by atoms with E-state index in [1.807, 2.05) is 48.5 Å². The number of nitrogens with one attached hydrogen (secondary N) is 1. The first-order chi connectivity index (χ1) is 15.1. The Morgan fingerprint density at radius 1 is 0.903 bits per heavy atom. The molecule has 0 spiro atoms. The van der Waals surface area contributed by atoms with E-state index in [0.29, 0.717) is 23.7 Å². The predicted octanol–water partition coefficient (Wildman–Crippen LogP) is 3.68. The van der Waals surface area contributed by atoms with Crippen LogP contribution < -0.4 is 19.5 Å². The summed E-state index contributed by atoms with van der Waals surface area (Å²) >= 11 is 0. The maximum atomic E-state index is 12.3. The zero-order valence-corrected chi connectivity index (χ0v) is 17.7. The summed E-state index contributed by atoms with van der Waals surface area (Å²) in [4.78, 5) is 12.3. The standard InChI is InChI=1S/C25H27NO5/c1-29-23-13-8-19(14-24(23)30-2)15-25(28)26-16-22(27)20-9-11-21(12-10-20)31-17-18-6-4-3-5-7-18/h3-14,22,27H,15-17H2,1-2H3,(H,26,28)/t22-/m0/s1. The highest BCUT2D eigenvalue weighted by Gasteiger charge is 2.12. The number of hydrogen-bond donors (Lipinski definition) is 2. The van der Waals surface area contributed by atoms with Crippen molar-refractivity contribution >= 4 is 5.91 Å². The molecular formula is C25H27NO5. The van der Waals surface area contributed by atoms with Crippen molar-refractivity contribution in [3.05, 3.63) is 89.5 Å². The Balaban J connectivity index is 1.47. The lowest BCUT2D eigenvalue weighted by Gasteiger charge is -2.14. The molecule has 3 rings (SSSR count). The van der Waals surface area contributed by atoms with Crippen LogP contribution in [0.5, 0.6) is 17.2 Å². The van der Waals surface area contributed by atoms with Gasteiger partial charge in [-0.15, -0.1) is 0 Å². The summed E-state index contributed by atoms with van der Waals surface area (Å²) in [6, 6.07) is 22.5. The van der Waals surface area contributed by atoms with Crippen molar-refractivity contribution < 1.29 is 24.1 Å². The molecule has 0 radical (unpaired) electrons. The highest BCUT2D eigenvalue weighted by Crippen LogP contribution is 2.27. The number of carbonyl (C=O) groups is 1. The van der Waals surface area contributed by atoms with E-state index in [1.165, 1.54) is 0 Å². The molecule has 6 nitrogen and oxygen atoms in total. The van der Waals surface area contributed by atoms with Gasteiger partial charge in [-0.3, -0.25) is 4.79 Å². The number of carbonyl (C=O) groups excluding carboxylic acids is 1. The van der Waals surface area contributed by atoms with Crippen LogP contribution in [-0.2, 0) is 17.8 Å². The van der Waals surface area contributed by atoms with Gasteiger partial charge in [-0.25, -0.2) is 0 Å². The lowest BCUT2D eigenvalue weighted by Crippen LogP contribution is -2.29. The Labute approximate surface area is 182 Å². The van der Waals surface area contributed by atoms with Crippen LogP contribution in [0.3, 0.4) is 0 Å². The van der Waals surface area contributed by atoms with Gasteiger partial charge in [0.25, 0.3) is 0 Å². The second-order valence-corrected chi connectivity index (χ2v) is 7.03. The Morgan fingerprint density at radius 3 is 2.29 bits per heavy atom. The molecule has 0 unspecified atom stereocenters. The lowest BCUT2D eigenvalue weighted by atomic mass is 10.1. The van der Waals surface area contributed by atoms with Crippen molar-refractivity contribution in [3.63, 3.8) is 0 Å². The third-order valence-electron chi connectivity index (χ3n) is 4.82. The van der Waals surface area contributed by atoms with Crippen molar-refractivity contribution in [2.24, 2.45) is 0 Å². The Bertz CT molecular complexity index is 973. The normalized spacial score (nSPS) is 11.5. The zero-order chi connectivity index (χ0) is 22.1. The van der Waals surface area contributed by atoms with Crippen LogP contribution in [0.4, 0.5) is 0 Å². The van der Waals surface area contributed by atoms with Crippen LogP contribution in [0, 0.1) is 0 Å². The number of aliphatic hydroxyl groups is 1. The van der Waals surface area contributed by atoms with E-state index >= 15 is 0 Å². The topological polar surface area (TPSA) is 77.0 Å². The van der Waals surface area contributed by atoms with Gasteiger partial charge in [0.2, 0.25) is 5.91 Å². The highest BCUT2D eigenvalue weighted by molar-refractivity contribution is 5.78. The monoisotopic (exact) mass is 421 g/mol. The fourth-order valence-electron chi connectivity index (χ4n) is 3.09. The van der Waals surface area contributed by atoms with Crippen LogP contribution >= 0.6 is 0 Å². The Kier molecular flexibility index (Phi) is 7.90. The van der Waals surface area contributed by atoms with Crippen LogP contribution in [0.2, 0.25) is 0 Å². The predicted molar refractivity (Wildman–Crippen MR) is 118 cm³/mol. The van der Waals surface area contributed by atoms with Crippen molar-refractivity contribution in [2.75, 3.05) is 20.8 Å². The highest BCUT2D eigenvalue weighted by atomic mass is 16.5. The summed E-state index contributed by atoms with van der Waals surface area (Å²) in [6.45, 7) is 0.602. The number of methoxy groups -OCH3 is 2. The molecule has 3 aromatic carbocycles. The fraction of sp³-hybridized carbons (Fsp3) is 0.240. The van der Waals surface area contributed by atoms with Gasteiger partial charge in [0.1, 0.15) is 12.4 Å². The van der Waals surface area contributed by atoms with E-state index in [0.717, 1.165) is 16.9 Å². The summed E-state index contributed by atoms with van der Waals surface area (Å²) in [6.07, 6.45) is -0.628. The number of ether oxygens (including phenoxy) is 3. The van der Waals surface area contributed by atoms with E-state index < -0.39 is 6.10 Å². The van der Waals surface area contributed by atoms with E-state index in [1.54, 1.807) is 38.5 Å². The van der Waals surface area contributed by atoms with Crippen molar-refractivity contribution in [1.29, 1.82) is 0 Å². The minimum atomic E-state index is -0.808. The Hall–Kier alpha value is -3.51. The van der Waals surface area contributed by atoms with E-state index in [9.17, 15) is 9.90 Å². The van der Waals surface area contributed by atoms with Crippen molar-refractivity contribution in [1.82, 2.24) is 5.32 Å². The van der Waals surface area contributed by atoms with Gasteiger partial charge in [-0.1, -0.05) is 48.5 Å². The quantitative estimate of drug-likeness (QED) is 0.522. The summed E-state index contributed by atoms with van der Waals surface area (Å²) in [5.74, 6) is 1.71. The summed E-state index contributed by atoms with van der Waals surface area (Å²) < 4.78 is 16.2. The molecule has 0 fully saturated rings. The molecule has 162 valence electrons. The maximum Gasteiger partial charge on any atom is 0.224 e. The van der Waals surface area contributed by atoms with E-state index in [4.69, 9.17) is 14.2 Å². The second-order valence-electron chi connectivity index (χ2n) is 7.03. The van der Waals surface area contributed by atoms with Gasteiger partial charge >= 0.3 is 0 Å². The second kappa shape index (κ2) is 11.0.